The first-order chi connectivity index (χ1) is 6.18. The maximum atomic E-state index is 11.2. The third kappa shape index (κ3) is 4.24. The molecule has 3 N–H and O–H groups in total. The van der Waals surface area contributed by atoms with Crippen LogP contribution in [0.4, 0.5) is 0 Å². The van der Waals surface area contributed by atoms with E-state index in [2.05, 4.69) is 29.8 Å². The van der Waals surface area contributed by atoms with Gasteiger partial charge in [0.15, 0.2) is 0 Å². The summed E-state index contributed by atoms with van der Waals surface area (Å²) in [6.07, 6.45) is 0. The van der Waals surface area contributed by atoms with E-state index in [1.165, 1.54) is 0 Å². The third-order valence-electron chi connectivity index (χ3n) is 2.04. The van der Waals surface area contributed by atoms with Gasteiger partial charge in [-0.2, -0.15) is 0 Å². The van der Waals surface area contributed by atoms with Crippen molar-refractivity contribution in [1.82, 2.24) is 16.0 Å². The van der Waals surface area contributed by atoms with Gasteiger partial charge >= 0.3 is 0 Å². The molecule has 76 valence electrons. The monoisotopic (exact) mass is 185 g/mol. The molecular formula is C9H19N3O. The molecule has 1 saturated heterocycles. The van der Waals surface area contributed by atoms with Gasteiger partial charge in [-0.3, -0.25) is 4.79 Å². The number of amides is 1. The minimum Gasteiger partial charge on any atom is -0.355 e. The molecule has 1 rings (SSSR count). The predicted octanol–water partition coefficient (Wildman–Crippen LogP) is -0.680. The third-order valence-corrected chi connectivity index (χ3v) is 2.04. The lowest BCUT2D eigenvalue weighted by molar-refractivity contribution is -0.120. The molecule has 1 aliphatic rings. The molecule has 1 amide bonds. The van der Waals surface area contributed by atoms with E-state index in [1.54, 1.807) is 0 Å². The van der Waals surface area contributed by atoms with E-state index in [1.807, 2.05) is 0 Å². The van der Waals surface area contributed by atoms with E-state index in [-0.39, 0.29) is 5.91 Å². The maximum absolute atomic E-state index is 11.2. The maximum Gasteiger partial charge on any atom is 0.233 e. The molecule has 1 aliphatic heterocycles. The van der Waals surface area contributed by atoms with E-state index < -0.39 is 0 Å². The molecule has 0 spiro atoms. The Morgan fingerprint density at radius 3 is 2.69 bits per heavy atom. The Morgan fingerprint density at radius 2 is 2.23 bits per heavy atom. The fourth-order valence-electron chi connectivity index (χ4n) is 1.05. The minimum absolute atomic E-state index is 0.0978. The fourth-order valence-corrected chi connectivity index (χ4v) is 1.05. The van der Waals surface area contributed by atoms with Gasteiger partial charge < -0.3 is 16.0 Å². The van der Waals surface area contributed by atoms with Crippen molar-refractivity contribution in [3.8, 4) is 0 Å². The Morgan fingerprint density at radius 1 is 1.54 bits per heavy atom. The summed E-state index contributed by atoms with van der Waals surface area (Å²) in [5, 5.41) is 9.17. The highest BCUT2D eigenvalue weighted by atomic mass is 16.1. The molecule has 0 aromatic rings. The molecule has 1 fully saturated rings. The van der Waals surface area contributed by atoms with Gasteiger partial charge in [0.05, 0.1) is 6.54 Å². The highest BCUT2D eigenvalue weighted by Crippen LogP contribution is 1.89. The van der Waals surface area contributed by atoms with Crippen molar-refractivity contribution < 1.29 is 4.79 Å². The van der Waals surface area contributed by atoms with Crippen molar-refractivity contribution in [2.75, 3.05) is 26.2 Å². The zero-order valence-electron chi connectivity index (χ0n) is 8.39. The van der Waals surface area contributed by atoms with Gasteiger partial charge in [0.2, 0.25) is 5.91 Å². The number of nitrogens with one attached hydrogen (secondary N) is 3. The Labute approximate surface area is 79.5 Å². The Kier molecular flexibility index (Phi) is 4.18. The highest BCUT2D eigenvalue weighted by Gasteiger charge is 2.16. The average Bonchev–Trinajstić information content (AvgIpc) is 1.98. The van der Waals surface area contributed by atoms with Crippen LogP contribution in [0.3, 0.4) is 0 Å². The molecule has 4 nitrogen and oxygen atoms in total. The molecule has 1 heterocycles. The lowest BCUT2D eigenvalue weighted by atomic mass is 10.2. The van der Waals surface area contributed by atoms with E-state index in [9.17, 15) is 4.79 Å². The number of carbonyl (C=O) groups excluding carboxylic acids is 1. The van der Waals surface area contributed by atoms with Crippen molar-refractivity contribution in [2.45, 2.75) is 19.9 Å². The molecular weight excluding hydrogens is 166 g/mol. The standard InChI is InChI=1S/C9H19N3O/c1-7(2)3-12-9(13)6-11-8-4-10-5-8/h7-8,10-11H,3-6H2,1-2H3,(H,12,13). The summed E-state index contributed by atoms with van der Waals surface area (Å²) in [4.78, 5) is 11.2. The first kappa shape index (κ1) is 10.5. The molecule has 4 heteroatoms. The van der Waals surface area contributed by atoms with Crippen molar-refractivity contribution >= 4 is 5.91 Å². The normalized spacial score (nSPS) is 17.2. The summed E-state index contributed by atoms with van der Waals surface area (Å²) in [6.45, 7) is 7.35. The highest BCUT2D eigenvalue weighted by molar-refractivity contribution is 5.78. The van der Waals surface area contributed by atoms with E-state index in [0.717, 1.165) is 19.6 Å². The smallest absolute Gasteiger partial charge is 0.233 e. The second-order valence-corrected chi connectivity index (χ2v) is 3.93. The molecule has 0 atom stereocenters. The fraction of sp³-hybridized carbons (Fsp3) is 0.889. The summed E-state index contributed by atoms with van der Waals surface area (Å²) in [6, 6.07) is 0.491. The second kappa shape index (κ2) is 5.19. The first-order valence-corrected chi connectivity index (χ1v) is 4.89. The first-order valence-electron chi connectivity index (χ1n) is 4.89. The average molecular weight is 185 g/mol. The van der Waals surface area contributed by atoms with Gasteiger partial charge in [-0.25, -0.2) is 0 Å². The van der Waals surface area contributed by atoms with Gasteiger partial charge in [0.1, 0.15) is 0 Å². The van der Waals surface area contributed by atoms with Crippen LogP contribution in [-0.4, -0.2) is 38.1 Å². The molecule has 13 heavy (non-hydrogen) atoms. The quantitative estimate of drug-likeness (QED) is 0.532. The summed E-state index contributed by atoms with van der Waals surface area (Å²) < 4.78 is 0. The molecule has 0 aliphatic carbocycles. The summed E-state index contributed by atoms with van der Waals surface area (Å²) in [7, 11) is 0. The van der Waals surface area contributed by atoms with Crippen LogP contribution in [0.1, 0.15) is 13.8 Å². The van der Waals surface area contributed by atoms with Crippen LogP contribution in [0.25, 0.3) is 0 Å². The zero-order chi connectivity index (χ0) is 9.68. The Hall–Kier alpha value is -0.610. The van der Waals surface area contributed by atoms with Gasteiger partial charge in [-0.1, -0.05) is 13.8 Å². The topological polar surface area (TPSA) is 53.2 Å². The summed E-state index contributed by atoms with van der Waals surface area (Å²) in [5.74, 6) is 0.620. The SMILES string of the molecule is CC(C)CNC(=O)CNC1CNC1. The molecule has 0 unspecified atom stereocenters. The largest absolute Gasteiger partial charge is 0.355 e. The van der Waals surface area contributed by atoms with Crippen LogP contribution in [0, 0.1) is 5.92 Å². The molecule has 0 saturated carbocycles. The Balaban J connectivity index is 1.97. The van der Waals surface area contributed by atoms with Crippen molar-refractivity contribution in [3.63, 3.8) is 0 Å². The predicted molar refractivity (Wildman–Crippen MR) is 52.5 cm³/mol. The lowest BCUT2D eigenvalue weighted by Gasteiger charge is -2.27. The second-order valence-electron chi connectivity index (χ2n) is 3.93. The summed E-state index contributed by atoms with van der Waals surface area (Å²) in [5.41, 5.74) is 0. The number of hydrogen-bond acceptors (Lipinski definition) is 3. The van der Waals surface area contributed by atoms with Crippen molar-refractivity contribution in [1.29, 1.82) is 0 Å². The van der Waals surface area contributed by atoms with Crippen LogP contribution in [-0.2, 0) is 4.79 Å². The minimum atomic E-state index is 0.0978. The van der Waals surface area contributed by atoms with Gasteiger partial charge in [0, 0.05) is 25.7 Å². The molecule has 0 aromatic heterocycles. The molecule has 0 aromatic carbocycles. The van der Waals surface area contributed by atoms with Crippen LogP contribution >= 0.6 is 0 Å². The number of hydrogen-bond donors (Lipinski definition) is 3. The summed E-state index contributed by atoms with van der Waals surface area (Å²) >= 11 is 0. The zero-order valence-corrected chi connectivity index (χ0v) is 8.39. The van der Waals surface area contributed by atoms with Crippen LogP contribution < -0.4 is 16.0 Å². The van der Waals surface area contributed by atoms with Crippen molar-refractivity contribution in [3.05, 3.63) is 0 Å². The Bertz CT molecular complexity index is 166. The van der Waals surface area contributed by atoms with E-state index in [0.29, 0.717) is 18.5 Å². The lowest BCUT2D eigenvalue weighted by Crippen LogP contribution is -2.57. The van der Waals surface area contributed by atoms with E-state index in [4.69, 9.17) is 0 Å². The van der Waals surface area contributed by atoms with Gasteiger partial charge in [-0.15, -0.1) is 0 Å². The van der Waals surface area contributed by atoms with Gasteiger partial charge in [-0.05, 0) is 5.92 Å². The van der Waals surface area contributed by atoms with Crippen LogP contribution in [0.5, 0.6) is 0 Å². The molecule has 0 bridgehead atoms. The number of carbonyl (C=O) groups is 1. The van der Waals surface area contributed by atoms with E-state index >= 15 is 0 Å². The van der Waals surface area contributed by atoms with Crippen LogP contribution in [0.15, 0.2) is 0 Å². The van der Waals surface area contributed by atoms with Gasteiger partial charge in [0.25, 0.3) is 0 Å². The van der Waals surface area contributed by atoms with Crippen molar-refractivity contribution in [2.24, 2.45) is 5.92 Å². The molecule has 0 radical (unpaired) electrons. The van der Waals surface area contributed by atoms with Crippen LogP contribution in [0.2, 0.25) is 0 Å². The number of rotatable bonds is 5.